The lowest BCUT2D eigenvalue weighted by Crippen LogP contribution is -2.49. The Labute approximate surface area is 160 Å². The number of benzene rings is 1. The molecule has 0 spiro atoms. The van der Waals surface area contributed by atoms with Crippen molar-refractivity contribution in [3.05, 3.63) is 29.8 Å². The second-order valence-electron chi connectivity index (χ2n) is 7.47. The fraction of sp³-hybridized carbons (Fsp3) is 0.579. The number of carbonyl (C=O) groups is 2. The van der Waals surface area contributed by atoms with E-state index in [9.17, 15) is 23.1 Å². The number of likely N-dealkylation sites (tertiary alicyclic amines) is 1. The minimum Gasteiger partial charge on any atom is -0.480 e. The van der Waals surface area contributed by atoms with Gasteiger partial charge in [0.15, 0.2) is 0 Å². The van der Waals surface area contributed by atoms with Crippen molar-refractivity contribution in [1.82, 2.24) is 9.21 Å². The highest BCUT2D eigenvalue weighted by Gasteiger charge is 2.35. The van der Waals surface area contributed by atoms with Crippen LogP contribution in [0.25, 0.3) is 0 Å². The van der Waals surface area contributed by atoms with Gasteiger partial charge in [-0.3, -0.25) is 4.79 Å². The summed E-state index contributed by atoms with van der Waals surface area (Å²) in [5.41, 5.74) is 0.217. The largest absolute Gasteiger partial charge is 0.480 e. The maximum Gasteiger partial charge on any atom is 0.326 e. The van der Waals surface area contributed by atoms with Gasteiger partial charge in [0, 0.05) is 25.2 Å². The summed E-state index contributed by atoms with van der Waals surface area (Å²) < 4.78 is 27.2. The molecule has 2 aliphatic heterocycles. The number of carboxylic acids is 1. The average Bonchev–Trinajstić information content (AvgIpc) is 2.68. The number of nitrogens with zero attached hydrogens (tertiary/aromatic N) is 2. The Kier molecular flexibility index (Phi) is 5.86. The van der Waals surface area contributed by atoms with Gasteiger partial charge in [-0.1, -0.05) is 19.4 Å². The Hall–Kier alpha value is -1.93. The molecule has 1 aromatic carbocycles. The maximum absolute atomic E-state index is 12.9. The molecule has 0 saturated carbocycles. The number of rotatable bonds is 4. The quantitative estimate of drug-likeness (QED) is 0.845. The van der Waals surface area contributed by atoms with Crippen molar-refractivity contribution in [2.75, 3.05) is 19.6 Å². The third-order valence-corrected chi connectivity index (χ3v) is 7.34. The molecular weight excluding hydrogens is 368 g/mol. The molecule has 0 aromatic heterocycles. The molecule has 1 aromatic rings. The lowest BCUT2D eigenvalue weighted by molar-refractivity contribution is -0.144. The summed E-state index contributed by atoms with van der Waals surface area (Å²) in [4.78, 5) is 26.0. The van der Waals surface area contributed by atoms with Crippen molar-refractivity contribution in [3.63, 3.8) is 0 Å². The van der Waals surface area contributed by atoms with Crippen molar-refractivity contribution in [1.29, 1.82) is 0 Å². The molecule has 27 heavy (non-hydrogen) atoms. The summed E-state index contributed by atoms with van der Waals surface area (Å²) in [7, 11) is -3.64. The van der Waals surface area contributed by atoms with Crippen LogP contribution in [-0.4, -0.2) is 60.3 Å². The lowest BCUT2D eigenvalue weighted by Gasteiger charge is -2.36. The Morgan fingerprint density at radius 1 is 1.11 bits per heavy atom. The van der Waals surface area contributed by atoms with Gasteiger partial charge in [0.1, 0.15) is 6.04 Å². The second-order valence-corrected chi connectivity index (χ2v) is 9.41. The second kappa shape index (κ2) is 7.98. The molecule has 0 aliphatic carbocycles. The zero-order valence-electron chi connectivity index (χ0n) is 15.5. The van der Waals surface area contributed by atoms with Crippen LogP contribution in [0.3, 0.4) is 0 Å². The fourth-order valence-corrected chi connectivity index (χ4v) is 5.39. The van der Waals surface area contributed by atoms with Gasteiger partial charge in [-0.05, 0) is 49.8 Å². The number of piperidine rings is 2. The summed E-state index contributed by atoms with van der Waals surface area (Å²) in [6.07, 6.45) is 3.84. The van der Waals surface area contributed by atoms with Crippen molar-refractivity contribution in [3.8, 4) is 0 Å². The molecule has 2 atom stereocenters. The van der Waals surface area contributed by atoms with Crippen molar-refractivity contribution >= 4 is 21.9 Å². The maximum atomic E-state index is 12.9. The first kappa shape index (κ1) is 19.8. The fourth-order valence-electron chi connectivity index (χ4n) is 3.83. The molecule has 1 amide bonds. The van der Waals surface area contributed by atoms with Gasteiger partial charge < -0.3 is 10.0 Å². The van der Waals surface area contributed by atoms with Gasteiger partial charge in [-0.25, -0.2) is 13.2 Å². The Morgan fingerprint density at radius 3 is 2.48 bits per heavy atom. The standard InChI is InChI=1S/C19H26N2O5S/c1-14-8-11-21(17(12-14)19(23)24)18(22)15-6-5-7-16(13-15)27(25,26)20-9-3-2-4-10-20/h5-7,13-14,17H,2-4,8-12H2,1H3,(H,23,24). The van der Waals surface area contributed by atoms with E-state index in [1.807, 2.05) is 6.92 Å². The Morgan fingerprint density at radius 2 is 1.81 bits per heavy atom. The summed E-state index contributed by atoms with van der Waals surface area (Å²) in [6, 6.07) is 5.10. The molecule has 2 fully saturated rings. The smallest absolute Gasteiger partial charge is 0.326 e. The summed E-state index contributed by atoms with van der Waals surface area (Å²) in [6.45, 7) is 3.32. The molecule has 148 valence electrons. The Balaban J connectivity index is 1.86. The summed E-state index contributed by atoms with van der Waals surface area (Å²) >= 11 is 0. The van der Waals surface area contributed by atoms with Crippen LogP contribution in [-0.2, 0) is 14.8 Å². The van der Waals surface area contributed by atoms with Crippen LogP contribution in [0.5, 0.6) is 0 Å². The number of aliphatic carboxylic acids is 1. The molecule has 3 rings (SSSR count). The minimum absolute atomic E-state index is 0.0903. The number of amides is 1. The van der Waals surface area contributed by atoms with E-state index < -0.39 is 27.9 Å². The molecule has 8 heteroatoms. The van der Waals surface area contributed by atoms with E-state index in [0.717, 1.165) is 25.7 Å². The molecule has 7 nitrogen and oxygen atoms in total. The zero-order valence-corrected chi connectivity index (χ0v) is 16.3. The van der Waals surface area contributed by atoms with Crippen LogP contribution in [0.2, 0.25) is 0 Å². The molecule has 0 radical (unpaired) electrons. The molecule has 2 heterocycles. The molecule has 1 N–H and O–H groups in total. The van der Waals surface area contributed by atoms with Gasteiger partial charge >= 0.3 is 5.97 Å². The summed E-state index contributed by atoms with van der Waals surface area (Å²) in [5, 5.41) is 9.48. The highest BCUT2D eigenvalue weighted by atomic mass is 32.2. The van der Waals surface area contributed by atoms with Gasteiger partial charge in [-0.15, -0.1) is 0 Å². The summed E-state index contributed by atoms with van der Waals surface area (Å²) in [5.74, 6) is -1.21. The van der Waals surface area contributed by atoms with Gasteiger partial charge in [0.2, 0.25) is 10.0 Å². The SMILES string of the molecule is CC1CCN(C(=O)c2cccc(S(=O)(=O)N3CCCCC3)c2)C(C(=O)O)C1. The monoisotopic (exact) mass is 394 g/mol. The molecule has 2 aliphatic rings. The van der Waals surface area contributed by atoms with Crippen LogP contribution in [0.4, 0.5) is 0 Å². The number of hydrogen-bond acceptors (Lipinski definition) is 4. The first-order valence-corrected chi connectivity index (χ1v) is 10.9. The third kappa shape index (κ3) is 4.16. The van der Waals surface area contributed by atoms with Gasteiger partial charge in [-0.2, -0.15) is 4.31 Å². The third-order valence-electron chi connectivity index (χ3n) is 5.44. The topological polar surface area (TPSA) is 95.0 Å². The predicted molar refractivity (Wildman–Crippen MR) is 99.9 cm³/mol. The van der Waals surface area contributed by atoms with Gasteiger partial charge in [0.25, 0.3) is 5.91 Å². The van der Waals surface area contributed by atoms with Crippen molar-refractivity contribution < 1.29 is 23.1 Å². The van der Waals surface area contributed by atoms with E-state index in [1.165, 1.54) is 21.3 Å². The van der Waals surface area contributed by atoms with E-state index in [2.05, 4.69) is 0 Å². The van der Waals surface area contributed by atoms with E-state index in [0.29, 0.717) is 26.1 Å². The zero-order chi connectivity index (χ0) is 19.6. The van der Waals surface area contributed by atoms with E-state index in [1.54, 1.807) is 12.1 Å². The minimum atomic E-state index is -3.64. The molecule has 2 saturated heterocycles. The molecule has 0 bridgehead atoms. The highest BCUT2D eigenvalue weighted by molar-refractivity contribution is 7.89. The van der Waals surface area contributed by atoms with E-state index >= 15 is 0 Å². The van der Waals surface area contributed by atoms with Gasteiger partial charge in [0.05, 0.1) is 4.90 Å². The number of hydrogen-bond donors (Lipinski definition) is 1. The number of carbonyl (C=O) groups excluding carboxylic acids is 1. The van der Waals surface area contributed by atoms with Crippen molar-refractivity contribution in [2.24, 2.45) is 5.92 Å². The van der Waals surface area contributed by atoms with Crippen LogP contribution >= 0.6 is 0 Å². The number of carboxylic acid groups (broad SMARTS) is 1. The van der Waals surface area contributed by atoms with Crippen LogP contribution in [0.15, 0.2) is 29.2 Å². The van der Waals surface area contributed by atoms with Crippen LogP contribution in [0, 0.1) is 5.92 Å². The van der Waals surface area contributed by atoms with Crippen molar-refractivity contribution in [2.45, 2.75) is 50.0 Å². The average molecular weight is 394 g/mol. The number of sulfonamides is 1. The molecule has 2 unspecified atom stereocenters. The van der Waals surface area contributed by atoms with Crippen LogP contribution in [0.1, 0.15) is 49.4 Å². The van der Waals surface area contributed by atoms with Crippen LogP contribution < -0.4 is 0 Å². The lowest BCUT2D eigenvalue weighted by atomic mass is 9.92. The predicted octanol–water partition coefficient (Wildman–Crippen LogP) is 2.19. The first-order chi connectivity index (χ1) is 12.8. The normalized spacial score (nSPS) is 24.6. The van der Waals surface area contributed by atoms with E-state index in [-0.39, 0.29) is 16.4 Å². The first-order valence-electron chi connectivity index (χ1n) is 9.44. The molecular formula is C19H26N2O5S. The highest BCUT2D eigenvalue weighted by Crippen LogP contribution is 2.26. The Bertz CT molecular complexity index is 817. The van der Waals surface area contributed by atoms with E-state index in [4.69, 9.17) is 0 Å².